The second kappa shape index (κ2) is 8.00. The smallest absolute Gasteiger partial charge is 0.293 e. The van der Waals surface area contributed by atoms with Crippen LogP contribution in [0.5, 0.6) is 0 Å². The molecule has 1 aromatic carbocycles. The summed E-state index contributed by atoms with van der Waals surface area (Å²) in [6, 6.07) is 11.7. The quantitative estimate of drug-likeness (QED) is 0.640. The van der Waals surface area contributed by atoms with Crippen LogP contribution in [-0.2, 0) is 6.42 Å². The topological polar surface area (TPSA) is 72.4 Å². The Morgan fingerprint density at radius 3 is 2.82 bits per heavy atom. The lowest BCUT2D eigenvalue weighted by Crippen LogP contribution is -2.38. The van der Waals surface area contributed by atoms with Crippen molar-refractivity contribution in [2.75, 3.05) is 6.54 Å². The van der Waals surface area contributed by atoms with E-state index in [2.05, 4.69) is 22.3 Å². The van der Waals surface area contributed by atoms with Crippen LogP contribution in [0.25, 0.3) is 0 Å². The van der Waals surface area contributed by atoms with E-state index in [0.717, 1.165) is 30.7 Å². The maximum absolute atomic E-state index is 13.0. The number of likely N-dealkylation sites (tertiary alicyclic amines) is 1. The second-order valence-electron chi connectivity index (χ2n) is 7.61. The van der Waals surface area contributed by atoms with Gasteiger partial charge in [0.1, 0.15) is 11.8 Å². The molecule has 1 aliphatic heterocycles. The summed E-state index contributed by atoms with van der Waals surface area (Å²) in [6.45, 7) is 4.71. The van der Waals surface area contributed by atoms with Gasteiger partial charge in [0.15, 0.2) is 0 Å². The number of piperidine rings is 1. The molecule has 6 heteroatoms. The van der Waals surface area contributed by atoms with E-state index < -0.39 is 0 Å². The maximum Gasteiger partial charge on any atom is 0.293 e. The molecule has 3 heterocycles. The highest BCUT2D eigenvalue weighted by Gasteiger charge is 2.33. The van der Waals surface area contributed by atoms with Crippen LogP contribution in [0.1, 0.15) is 78.5 Å². The van der Waals surface area contributed by atoms with Crippen molar-refractivity contribution in [1.82, 2.24) is 15.0 Å². The molecular weight excluding hydrogens is 354 g/mol. The summed E-state index contributed by atoms with van der Waals surface area (Å²) in [6.07, 6.45) is 5.30. The van der Waals surface area contributed by atoms with E-state index in [1.54, 1.807) is 12.3 Å². The Morgan fingerprint density at radius 2 is 2.07 bits per heavy atom. The summed E-state index contributed by atoms with van der Waals surface area (Å²) >= 11 is 0. The molecule has 28 heavy (non-hydrogen) atoms. The van der Waals surface area contributed by atoms with E-state index in [1.165, 1.54) is 5.56 Å². The van der Waals surface area contributed by atoms with Crippen molar-refractivity contribution < 1.29 is 13.7 Å². The molecular formula is C22H25N3O3. The van der Waals surface area contributed by atoms with E-state index in [0.29, 0.717) is 18.9 Å². The zero-order valence-electron chi connectivity index (χ0n) is 16.3. The van der Waals surface area contributed by atoms with Gasteiger partial charge in [-0.3, -0.25) is 4.79 Å². The lowest BCUT2D eigenvalue weighted by atomic mass is 10.0. The van der Waals surface area contributed by atoms with Crippen molar-refractivity contribution in [3.8, 4) is 0 Å². The van der Waals surface area contributed by atoms with Crippen LogP contribution >= 0.6 is 0 Å². The molecule has 1 unspecified atom stereocenters. The van der Waals surface area contributed by atoms with Gasteiger partial charge in [-0.1, -0.05) is 49.3 Å². The highest BCUT2D eigenvalue weighted by molar-refractivity contribution is 5.91. The molecule has 1 saturated heterocycles. The molecule has 1 fully saturated rings. The molecule has 2 aromatic heterocycles. The van der Waals surface area contributed by atoms with Crippen LogP contribution in [0.3, 0.4) is 0 Å². The minimum atomic E-state index is -0.168. The summed E-state index contributed by atoms with van der Waals surface area (Å²) in [5.74, 6) is 1.76. The number of benzene rings is 1. The molecule has 0 bridgehead atoms. The molecule has 0 N–H and O–H groups in total. The monoisotopic (exact) mass is 379 g/mol. The molecule has 0 radical (unpaired) electrons. The zero-order valence-corrected chi connectivity index (χ0v) is 16.3. The molecule has 0 saturated carbocycles. The molecule has 1 amide bonds. The van der Waals surface area contributed by atoms with Gasteiger partial charge >= 0.3 is 0 Å². The Bertz CT molecular complexity index is 929. The Kier molecular flexibility index (Phi) is 5.28. The molecule has 1 aliphatic rings. The average molecular weight is 379 g/mol. The number of carbonyl (C=O) groups excluding carboxylic acids is 1. The first-order valence-corrected chi connectivity index (χ1v) is 9.88. The largest absolute Gasteiger partial charge is 0.443 e. The second-order valence-corrected chi connectivity index (χ2v) is 7.61. The summed E-state index contributed by atoms with van der Waals surface area (Å²) in [5, 5.41) is 4.02. The number of hydrogen-bond acceptors (Lipinski definition) is 5. The number of aromatic nitrogens is 2. The third-order valence-corrected chi connectivity index (χ3v) is 5.17. The van der Waals surface area contributed by atoms with Crippen LogP contribution in [0.2, 0.25) is 0 Å². The summed E-state index contributed by atoms with van der Waals surface area (Å²) in [4.78, 5) is 19.3. The number of amides is 1. The van der Waals surface area contributed by atoms with Crippen LogP contribution in [0, 0.1) is 0 Å². The summed E-state index contributed by atoms with van der Waals surface area (Å²) in [7, 11) is 0. The summed E-state index contributed by atoms with van der Waals surface area (Å²) < 4.78 is 11.4. The van der Waals surface area contributed by atoms with Gasteiger partial charge in [-0.25, -0.2) is 4.98 Å². The standard InChI is InChI=1S/C22H25N3O3/c1-15(2)18-13-20(28-24-18)22(26)25-11-7-6-10-19(25)21-23-14-17(27-21)12-16-8-4-3-5-9-16/h3-5,8-9,13-15,19H,6-7,10-12H2,1-2H3. The zero-order chi connectivity index (χ0) is 19.5. The highest BCUT2D eigenvalue weighted by Crippen LogP contribution is 2.32. The lowest BCUT2D eigenvalue weighted by Gasteiger charge is -2.32. The van der Waals surface area contributed by atoms with Crippen molar-refractivity contribution in [2.24, 2.45) is 0 Å². The van der Waals surface area contributed by atoms with Crippen molar-refractivity contribution >= 4 is 5.91 Å². The Morgan fingerprint density at radius 1 is 1.25 bits per heavy atom. The molecule has 0 aliphatic carbocycles. The van der Waals surface area contributed by atoms with Crippen molar-refractivity contribution in [2.45, 2.75) is 51.5 Å². The molecule has 146 valence electrons. The highest BCUT2D eigenvalue weighted by atomic mass is 16.5. The fraction of sp³-hybridized carbons (Fsp3) is 0.409. The minimum absolute atomic E-state index is 0.146. The third kappa shape index (κ3) is 3.86. The fourth-order valence-electron chi connectivity index (χ4n) is 3.59. The van der Waals surface area contributed by atoms with Crippen molar-refractivity contribution in [3.63, 3.8) is 0 Å². The van der Waals surface area contributed by atoms with Gasteiger partial charge in [0, 0.05) is 19.0 Å². The Balaban J connectivity index is 1.53. The van der Waals surface area contributed by atoms with Crippen LogP contribution in [-0.4, -0.2) is 27.5 Å². The normalized spacial score (nSPS) is 17.2. The van der Waals surface area contributed by atoms with Gasteiger partial charge in [0.2, 0.25) is 11.7 Å². The van der Waals surface area contributed by atoms with E-state index in [4.69, 9.17) is 8.94 Å². The van der Waals surface area contributed by atoms with E-state index in [1.807, 2.05) is 36.9 Å². The third-order valence-electron chi connectivity index (χ3n) is 5.17. The van der Waals surface area contributed by atoms with Crippen LogP contribution < -0.4 is 0 Å². The van der Waals surface area contributed by atoms with Gasteiger partial charge in [-0.15, -0.1) is 0 Å². The van der Waals surface area contributed by atoms with Crippen molar-refractivity contribution in [3.05, 3.63) is 71.3 Å². The average Bonchev–Trinajstić information content (AvgIpc) is 3.38. The Hall–Kier alpha value is -2.89. The first-order chi connectivity index (χ1) is 13.6. The minimum Gasteiger partial charge on any atom is -0.443 e. The summed E-state index contributed by atoms with van der Waals surface area (Å²) in [5.41, 5.74) is 1.96. The van der Waals surface area contributed by atoms with Gasteiger partial charge in [0.05, 0.1) is 11.9 Å². The fourth-order valence-corrected chi connectivity index (χ4v) is 3.59. The molecule has 1 atom stereocenters. The number of rotatable bonds is 5. The Labute approximate surface area is 164 Å². The van der Waals surface area contributed by atoms with E-state index in [-0.39, 0.29) is 23.6 Å². The molecule has 0 spiro atoms. The molecule has 6 nitrogen and oxygen atoms in total. The first-order valence-electron chi connectivity index (χ1n) is 9.88. The maximum atomic E-state index is 13.0. The SMILES string of the molecule is CC(C)c1cc(C(=O)N2CCCCC2c2ncc(Cc3ccccc3)o2)on1. The molecule has 3 aromatic rings. The van der Waals surface area contributed by atoms with Crippen LogP contribution in [0.4, 0.5) is 0 Å². The number of oxazole rings is 1. The number of hydrogen-bond donors (Lipinski definition) is 0. The van der Waals surface area contributed by atoms with Crippen molar-refractivity contribution in [1.29, 1.82) is 0 Å². The van der Waals surface area contributed by atoms with Gasteiger partial charge < -0.3 is 13.8 Å². The van der Waals surface area contributed by atoms with E-state index in [9.17, 15) is 4.79 Å². The number of carbonyl (C=O) groups is 1. The lowest BCUT2D eigenvalue weighted by molar-refractivity contribution is 0.0528. The first kappa shape index (κ1) is 18.5. The molecule has 4 rings (SSSR count). The van der Waals surface area contributed by atoms with Crippen LogP contribution in [0.15, 0.2) is 51.5 Å². The van der Waals surface area contributed by atoms with E-state index >= 15 is 0 Å². The van der Waals surface area contributed by atoms with Gasteiger partial charge in [-0.2, -0.15) is 0 Å². The predicted molar refractivity (Wildman–Crippen MR) is 104 cm³/mol. The van der Waals surface area contributed by atoms with Gasteiger partial charge in [-0.05, 0) is 30.7 Å². The number of nitrogens with zero attached hydrogens (tertiary/aromatic N) is 3. The van der Waals surface area contributed by atoms with Gasteiger partial charge in [0.25, 0.3) is 5.91 Å². The predicted octanol–water partition coefficient (Wildman–Crippen LogP) is 4.74.